The van der Waals surface area contributed by atoms with Gasteiger partial charge in [0.25, 0.3) is 0 Å². The number of carbonyl (C=O) groups excluding carboxylic acids is 8. The number of likely N-dealkylation sites (tertiary alicyclic amines) is 2. The molecular formula is C52H70Cl2N10O8. The third-order valence-corrected chi connectivity index (χ3v) is 13.7. The molecule has 8 amide bonds. The van der Waals surface area contributed by atoms with Gasteiger partial charge in [0.2, 0.25) is 47.3 Å². The van der Waals surface area contributed by atoms with Crippen LogP contribution in [0.1, 0.15) is 112 Å². The molecule has 0 aromatic heterocycles. The molecule has 2 aromatic carbocycles. The van der Waals surface area contributed by atoms with Gasteiger partial charge in [-0.25, -0.2) is 0 Å². The first kappa shape index (κ1) is 58.4. The molecule has 0 radical (unpaired) electrons. The summed E-state index contributed by atoms with van der Waals surface area (Å²) in [6.45, 7) is 3.61. The topological polar surface area (TPSA) is 239 Å². The van der Waals surface area contributed by atoms with Gasteiger partial charge in [0.05, 0.1) is 50.1 Å². The molecule has 390 valence electrons. The van der Waals surface area contributed by atoms with Crippen LogP contribution < -0.4 is 42.5 Å². The number of hydrogen-bond donors (Lipinski definition) is 8. The van der Waals surface area contributed by atoms with Crippen LogP contribution in [-0.4, -0.2) is 134 Å². The fourth-order valence-corrected chi connectivity index (χ4v) is 9.58. The zero-order valence-corrected chi connectivity index (χ0v) is 43.2. The summed E-state index contributed by atoms with van der Waals surface area (Å²) in [5.41, 5.74) is 4.55. The van der Waals surface area contributed by atoms with Gasteiger partial charge in [0.1, 0.15) is 24.2 Å². The summed E-state index contributed by atoms with van der Waals surface area (Å²) in [6, 6.07) is 10.5. The molecule has 8 atom stereocenters. The molecule has 6 rings (SSSR count). The summed E-state index contributed by atoms with van der Waals surface area (Å²) in [5, 5.41) is 22.6. The standard InChI is InChI=1S/C52H68N10O8.2ClH/c1-33(53-3)47(65)59-41(51(69)61-29-15-25-43(61)49(67)57-39-23-13-19-35-17-7-9-21-37(35)39)31-45(63)55-27-11-5-6-12-28-56-46(64)32-42(60-48(66)34(2)54-4)52(70)62-30-16-26-44(62)50(68)58-40-24-14-20-36-18-8-10-22-38(36)40;;/h7-10,17-18,21-22,33-34,39-44,53-54H,13-16,19-20,23-32H2,1-4H3,(H,55,63)(H,56,64)(H,57,67)(H,58,68)(H,59,65)(H,60,66);2*1H/t33-,34-,39-,40-,41-,42-,43-,44-;;/m0../s1. The highest BCUT2D eigenvalue weighted by Gasteiger charge is 2.41. The minimum Gasteiger partial charge on any atom is -0.347 e. The maximum absolute atomic E-state index is 14.0. The van der Waals surface area contributed by atoms with E-state index in [1.54, 1.807) is 27.9 Å². The van der Waals surface area contributed by atoms with Crippen molar-refractivity contribution in [3.8, 4) is 23.7 Å². The van der Waals surface area contributed by atoms with Crippen LogP contribution >= 0.6 is 24.8 Å². The Morgan fingerprint density at radius 1 is 0.569 bits per heavy atom. The first-order chi connectivity index (χ1) is 33.8. The summed E-state index contributed by atoms with van der Waals surface area (Å²) in [5.74, 6) is 6.97. The number of amides is 8. The van der Waals surface area contributed by atoms with Crippen molar-refractivity contribution in [2.75, 3.05) is 40.3 Å². The van der Waals surface area contributed by atoms with E-state index in [-0.39, 0.29) is 74.6 Å². The fourth-order valence-electron chi connectivity index (χ4n) is 9.58. The maximum atomic E-state index is 14.0. The lowest BCUT2D eigenvalue weighted by Gasteiger charge is -2.31. The second-order valence-corrected chi connectivity index (χ2v) is 18.4. The molecule has 2 aliphatic heterocycles. The monoisotopic (exact) mass is 1030 g/mol. The van der Waals surface area contributed by atoms with Gasteiger partial charge in [0, 0.05) is 13.1 Å². The molecule has 72 heavy (non-hydrogen) atoms. The number of carbonyl (C=O) groups is 8. The fraction of sp³-hybridized carbons (Fsp3) is 0.538. The third-order valence-electron chi connectivity index (χ3n) is 13.7. The van der Waals surface area contributed by atoms with E-state index in [0.717, 1.165) is 49.7 Å². The van der Waals surface area contributed by atoms with Crippen molar-refractivity contribution in [3.63, 3.8) is 0 Å². The number of fused-ring (bicyclic) bond motifs is 2. The normalized spacial score (nSPS) is 20.2. The SMILES string of the molecule is CN[C@@H](C)C(=O)N[C@@H](CC(=O)NCC#CC#CCNC(=O)C[C@H](NC(=O)[C@H](C)NC)C(=O)N1CCC[C@H]1C(=O)N[C@H]1CCCc2ccccc21)C(=O)N1CCC[C@H]1C(=O)N[C@H]1CCCc2ccccc21.Cl.Cl. The number of benzene rings is 2. The number of halogens is 2. The Hall–Kier alpha value is -6.18. The Morgan fingerprint density at radius 2 is 0.958 bits per heavy atom. The molecule has 20 heteroatoms. The molecule has 2 saturated heterocycles. The molecule has 2 aromatic rings. The zero-order chi connectivity index (χ0) is 50.2. The summed E-state index contributed by atoms with van der Waals surface area (Å²) in [6.07, 6.45) is 6.66. The summed E-state index contributed by atoms with van der Waals surface area (Å²) in [7, 11) is 3.21. The van der Waals surface area contributed by atoms with E-state index in [4.69, 9.17) is 0 Å². The van der Waals surface area contributed by atoms with Crippen molar-refractivity contribution in [2.24, 2.45) is 0 Å². The van der Waals surface area contributed by atoms with E-state index < -0.39 is 71.7 Å². The molecule has 8 N–H and O–H groups in total. The van der Waals surface area contributed by atoms with Gasteiger partial charge >= 0.3 is 0 Å². The molecule has 2 heterocycles. The van der Waals surface area contributed by atoms with E-state index in [0.29, 0.717) is 38.8 Å². The van der Waals surface area contributed by atoms with Crippen LogP contribution in [0.5, 0.6) is 0 Å². The average Bonchev–Trinajstić information content (AvgIpc) is 4.08. The van der Waals surface area contributed by atoms with Gasteiger partial charge in [-0.2, -0.15) is 0 Å². The smallest absolute Gasteiger partial charge is 0.246 e. The summed E-state index contributed by atoms with van der Waals surface area (Å²) in [4.78, 5) is 111. The second kappa shape index (κ2) is 28.8. The molecule has 2 fully saturated rings. The third kappa shape index (κ3) is 15.7. The summed E-state index contributed by atoms with van der Waals surface area (Å²) < 4.78 is 0. The van der Waals surface area contributed by atoms with Gasteiger partial charge in [-0.15, -0.1) is 24.8 Å². The molecule has 0 bridgehead atoms. The Labute approximate surface area is 435 Å². The van der Waals surface area contributed by atoms with Crippen LogP contribution in [0.15, 0.2) is 48.5 Å². The lowest BCUT2D eigenvalue weighted by Crippen LogP contribution is -2.56. The lowest BCUT2D eigenvalue weighted by molar-refractivity contribution is -0.143. The highest BCUT2D eigenvalue weighted by molar-refractivity contribution is 5.97. The Morgan fingerprint density at radius 3 is 1.35 bits per heavy atom. The number of likely N-dealkylation sites (N-methyl/N-ethyl adjacent to an activating group) is 2. The van der Waals surface area contributed by atoms with Crippen molar-refractivity contribution in [2.45, 2.75) is 139 Å². The lowest BCUT2D eigenvalue weighted by atomic mass is 9.87. The highest BCUT2D eigenvalue weighted by Crippen LogP contribution is 2.32. The number of hydrogen-bond acceptors (Lipinski definition) is 10. The molecule has 0 spiro atoms. The first-order valence-electron chi connectivity index (χ1n) is 24.6. The van der Waals surface area contributed by atoms with Gasteiger partial charge < -0.3 is 52.3 Å². The van der Waals surface area contributed by atoms with Gasteiger partial charge in [-0.3, -0.25) is 38.4 Å². The van der Waals surface area contributed by atoms with Crippen LogP contribution in [0.2, 0.25) is 0 Å². The molecular weight excluding hydrogens is 964 g/mol. The van der Waals surface area contributed by atoms with E-state index in [1.165, 1.54) is 20.9 Å². The van der Waals surface area contributed by atoms with Crippen molar-refractivity contribution < 1.29 is 38.4 Å². The van der Waals surface area contributed by atoms with Crippen molar-refractivity contribution in [1.29, 1.82) is 0 Å². The van der Waals surface area contributed by atoms with Crippen molar-refractivity contribution in [3.05, 3.63) is 70.8 Å². The van der Waals surface area contributed by atoms with E-state index in [2.05, 4.69) is 78.3 Å². The van der Waals surface area contributed by atoms with Crippen LogP contribution in [0, 0.1) is 23.7 Å². The Balaban J connectivity index is 0.00000562. The van der Waals surface area contributed by atoms with E-state index in [1.807, 2.05) is 36.4 Å². The number of nitrogens with one attached hydrogen (secondary N) is 8. The maximum Gasteiger partial charge on any atom is 0.246 e. The first-order valence-corrected chi connectivity index (χ1v) is 24.6. The molecule has 4 aliphatic rings. The molecule has 2 aliphatic carbocycles. The minimum atomic E-state index is -1.24. The van der Waals surface area contributed by atoms with Crippen LogP contribution in [-0.2, 0) is 51.2 Å². The Bertz CT molecular complexity index is 2240. The van der Waals surface area contributed by atoms with Gasteiger partial charge in [0.15, 0.2) is 0 Å². The predicted molar refractivity (Wildman–Crippen MR) is 276 cm³/mol. The molecule has 18 nitrogen and oxygen atoms in total. The largest absolute Gasteiger partial charge is 0.347 e. The Kier molecular flexibility index (Phi) is 23.3. The van der Waals surface area contributed by atoms with E-state index in [9.17, 15) is 38.4 Å². The average molecular weight is 1030 g/mol. The van der Waals surface area contributed by atoms with Crippen molar-refractivity contribution in [1.82, 2.24) is 52.3 Å². The summed E-state index contributed by atoms with van der Waals surface area (Å²) >= 11 is 0. The van der Waals surface area contributed by atoms with Gasteiger partial charge in [-0.05, 0) is 126 Å². The number of nitrogens with zero attached hydrogens (tertiary/aromatic N) is 2. The zero-order valence-electron chi connectivity index (χ0n) is 41.5. The predicted octanol–water partition coefficient (Wildman–Crippen LogP) is 1.40. The van der Waals surface area contributed by atoms with Crippen LogP contribution in [0.25, 0.3) is 0 Å². The minimum absolute atomic E-state index is 0. The number of rotatable bonds is 18. The number of aryl methyl sites for hydroxylation is 2. The van der Waals surface area contributed by atoms with Crippen molar-refractivity contribution >= 4 is 72.1 Å². The van der Waals surface area contributed by atoms with E-state index >= 15 is 0 Å². The molecule has 0 saturated carbocycles. The van der Waals surface area contributed by atoms with Crippen LogP contribution in [0.4, 0.5) is 0 Å². The highest BCUT2D eigenvalue weighted by atomic mass is 35.5. The quantitative estimate of drug-likeness (QED) is 0.100. The van der Waals surface area contributed by atoms with Gasteiger partial charge in [-0.1, -0.05) is 60.4 Å². The van der Waals surface area contributed by atoms with Crippen LogP contribution in [0.3, 0.4) is 0 Å². The molecule has 0 unspecified atom stereocenters. The second-order valence-electron chi connectivity index (χ2n) is 18.4.